The lowest BCUT2D eigenvalue weighted by Crippen LogP contribution is -2.52. The molecule has 2 heterocycles. The zero-order valence-corrected chi connectivity index (χ0v) is 20.2. The third-order valence-electron chi connectivity index (χ3n) is 6.22. The highest BCUT2D eigenvalue weighted by atomic mass is 35.5. The van der Waals surface area contributed by atoms with Gasteiger partial charge >= 0.3 is 6.03 Å². The molecule has 2 aromatic rings. The predicted molar refractivity (Wildman–Crippen MR) is 132 cm³/mol. The Kier molecular flexibility index (Phi) is 7.67. The van der Waals surface area contributed by atoms with Gasteiger partial charge in [0.15, 0.2) is 0 Å². The molecule has 5 amide bonds. The van der Waals surface area contributed by atoms with Crippen LogP contribution in [-0.4, -0.2) is 48.3 Å². The lowest BCUT2D eigenvalue weighted by Gasteiger charge is -2.29. The Morgan fingerprint density at radius 3 is 2.74 bits per heavy atom. The zero-order chi connectivity index (χ0) is 24.9. The summed E-state index contributed by atoms with van der Waals surface area (Å²) in [7, 11) is 1.91. The van der Waals surface area contributed by atoms with Gasteiger partial charge in [-0.15, -0.1) is 0 Å². The standard InChI is InChI=1S/C25H28ClN5O4/c1-27-10-2-3-16-5-6-18(12-20(16)26)29-25(35)28-13-15-4-7-19-17(11-15)14-31(24(19)34)21-8-9-22(32)30-23(21)33/h4-7,11-12,21,27H,2-3,8-10,13-14H2,1H3,(H2,28,29,35)(H,30,32,33). The molecule has 1 atom stereocenters. The van der Waals surface area contributed by atoms with Crippen molar-refractivity contribution in [2.75, 3.05) is 18.9 Å². The van der Waals surface area contributed by atoms with Crippen molar-refractivity contribution < 1.29 is 19.2 Å². The number of carbonyl (C=O) groups is 4. The lowest BCUT2D eigenvalue weighted by molar-refractivity contribution is -0.136. The number of hydrogen-bond donors (Lipinski definition) is 4. The first-order valence-electron chi connectivity index (χ1n) is 11.6. The van der Waals surface area contributed by atoms with E-state index in [4.69, 9.17) is 11.6 Å². The molecule has 1 fully saturated rings. The Morgan fingerprint density at radius 2 is 2.00 bits per heavy atom. The maximum atomic E-state index is 12.8. The zero-order valence-electron chi connectivity index (χ0n) is 19.4. The van der Waals surface area contributed by atoms with Gasteiger partial charge in [0, 0.05) is 35.8 Å². The van der Waals surface area contributed by atoms with Crippen LogP contribution < -0.4 is 21.3 Å². The number of rotatable bonds is 8. The van der Waals surface area contributed by atoms with Gasteiger partial charge in [-0.25, -0.2) is 4.79 Å². The summed E-state index contributed by atoms with van der Waals surface area (Å²) in [6, 6.07) is 9.81. The number of piperidine rings is 1. The Labute approximate surface area is 208 Å². The van der Waals surface area contributed by atoms with E-state index in [0.29, 0.717) is 29.2 Å². The van der Waals surface area contributed by atoms with E-state index in [2.05, 4.69) is 21.3 Å². The number of fused-ring (bicyclic) bond motifs is 1. The fourth-order valence-electron chi connectivity index (χ4n) is 4.38. The van der Waals surface area contributed by atoms with Gasteiger partial charge in [0.05, 0.1) is 0 Å². The first-order chi connectivity index (χ1) is 16.9. The Balaban J connectivity index is 1.32. The molecule has 0 radical (unpaired) electrons. The molecular formula is C25H28ClN5O4. The van der Waals surface area contributed by atoms with Crippen molar-refractivity contribution in [2.24, 2.45) is 0 Å². The van der Waals surface area contributed by atoms with Crippen molar-refractivity contribution in [2.45, 2.75) is 44.8 Å². The number of imide groups is 1. The monoisotopic (exact) mass is 497 g/mol. The maximum absolute atomic E-state index is 12.8. The van der Waals surface area contributed by atoms with Crippen LogP contribution in [0.1, 0.15) is 46.3 Å². The highest BCUT2D eigenvalue weighted by Crippen LogP contribution is 2.28. The normalized spacial score (nSPS) is 17.3. The molecule has 2 aliphatic heterocycles. The van der Waals surface area contributed by atoms with Crippen LogP contribution in [0.4, 0.5) is 10.5 Å². The second-order valence-electron chi connectivity index (χ2n) is 8.71. The topological polar surface area (TPSA) is 120 Å². The Morgan fingerprint density at radius 1 is 1.17 bits per heavy atom. The van der Waals surface area contributed by atoms with Gasteiger partial charge in [0.1, 0.15) is 6.04 Å². The molecule has 2 aliphatic rings. The summed E-state index contributed by atoms with van der Waals surface area (Å²) < 4.78 is 0. The largest absolute Gasteiger partial charge is 0.334 e. The number of anilines is 1. The number of benzene rings is 2. The molecule has 4 N–H and O–H groups in total. The molecule has 10 heteroatoms. The average molecular weight is 498 g/mol. The molecule has 184 valence electrons. The van der Waals surface area contributed by atoms with Crippen molar-refractivity contribution in [1.82, 2.24) is 20.9 Å². The van der Waals surface area contributed by atoms with Crippen LogP contribution >= 0.6 is 11.6 Å². The summed E-state index contributed by atoms with van der Waals surface area (Å²) in [6.07, 6.45) is 2.36. The van der Waals surface area contributed by atoms with Crippen molar-refractivity contribution in [1.29, 1.82) is 0 Å². The van der Waals surface area contributed by atoms with Crippen LogP contribution in [0.3, 0.4) is 0 Å². The number of urea groups is 1. The molecule has 2 aromatic carbocycles. The van der Waals surface area contributed by atoms with Crippen molar-refractivity contribution in [3.8, 4) is 0 Å². The van der Waals surface area contributed by atoms with Gasteiger partial charge in [-0.2, -0.15) is 0 Å². The van der Waals surface area contributed by atoms with E-state index in [1.807, 2.05) is 25.2 Å². The van der Waals surface area contributed by atoms with Gasteiger partial charge in [0.25, 0.3) is 5.91 Å². The van der Waals surface area contributed by atoms with Gasteiger partial charge in [-0.3, -0.25) is 19.7 Å². The summed E-state index contributed by atoms with van der Waals surface area (Å²) in [4.78, 5) is 50.3. The Hall–Kier alpha value is -3.43. The average Bonchev–Trinajstić information content (AvgIpc) is 3.15. The minimum absolute atomic E-state index is 0.213. The molecule has 9 nitrogen and oxygen atoms in total. The molecule has 0 spiro atoms. The first-order valence-corrected chi connectivity index (χ1v) is 12.0. The number of nitrogens with zero attached hydrogens (tertiary/aromatic N) is 1. The Bertz CT molecular complexity index is 1170. The summed E-state index contributed by atoms with van der Waals surface area (Å²) in [5.74, 6) is -0.977. The predicted octanol–water partition coefficient (Wildman–Crippen LogP) is 2.57. The summed E-state index contributed by atoms with van der Waals surface area (Å²) in [5, 5.41) is 11.6. The van der Waals surface area contributed by atoms with Gasteiger partial charge < -0.3 is 20.9 Å². The van der Waals surface area contributed by atoms with Crippen LogP contribution in [0.15, 0.2) is 36.4 Å². The first kappa shape index (κ1) is 24.7. The van der Waals surface area contributed by atoms with Crippen LogP contribution in [0.25, 0.3) is 0 Å². The van der Waals surface area contributed by atoms with Crippen molar-refractivity contribution >= 4 is 41.0 Å². The van der Waals surface area contributed by atoms with Gasteiger partial charge in [-0.1, -0.05) is 29.8 Å². The summed E-state index contributed by atoms with van der Waals surface area (Å²) in [6.45, 7) is 1.46. The van der Waals surface area contributed by atoms with Crippen LogP contribution in [0.5, 0.6) is 0 Å². The van der Waals surface area contributed by atoms with Crippen LogP contribution in [-0.2, 0) is 29.1 Å². The minimum atomic E-state index is -0.651. The van der Waals surface area contributed by atoms with E-state index < -0.39 is 11.9 Å². The molecule has 0 saturated carbocycles. The van der Waals surface area contributed by atoms with E-state index in [0.717, 1.165) is 36.1 Å². The summed E-state index contributed by atoms with van der Waals surface area (Å²) in [5.41, 5.74) is 3.79. The highest BCUT2D eigenvalue weighted by molar-refractivity contribution is 6.31. The molecule has 0 bridgehead atoms. The van der Waals surface area contributed by atoms with Gasteiger partial charge in [-0.05, 0) is 67.7 Å². The highest BCUT2D eigenvalue weighted by Gasteiger charge is 2.39. The fourth-order valence-corrected chi connectivity index (χ4v) is 4.65. The van der Waals surface area contributed by atoms with Crippen molar-refractivity contribution in [3.63, 3.8) is 0 Å². The third-order valence-corrected chi connectivity index (χ3v) is 6.58. The van der Waals surface area contributed by atoms with E-state index in [9.17, 15) is 19.2 Å². The molecule has 4 rings (SSSR count). The van der Waals surface area contributed by atoms with E-state index in [-0.39, 0.29) is 30.8 Å². The molecule has 1 saturated heterocycles. The molecule has 35 heavy (non-hydrogen) atoms. The maximum Gasteiger partial charge on any atom is 0.319 e. The smallest absolute Gasteiger partial charge is 0.319 e. The fraction of sp³-hybridized carbons (Fsp3) is 0.360. The quantitative estimate of drug-likeness (QED) is 0.330. The number of aryl methyl sites for hydroxylation is 1. The number of hydrogen-bond acceptors (Lipinski definition) is 5. The van der Waals surface area contributed by atoms with E-state index in [1.165, 1.54) is 4.90 Å². The molecule has 1 unspecified atom stereocenters. The summed E-state index contributed by atoms with van der Waals surface area (Å²) >= 11 is 6.35. The van der Waals surface area contributed by atoms with Crippen LogP contribution in [0.2, 0.25) is 5.02 Å². The minimum Gasteiger partial charge on any atom is -0.334 e. The SMILES string of the molecule is CNCCCc1ccc(NC(=O)NCc2ccc3c(c2)CN(C2CCC(=O)NC2=O)C3=O)cc1Cl. The van der Waals surface area contributed by atoms with Crippen LogP contribution in [0, 0.1) is 0 Å². The number of halogens is 1. The molecule has 0 aromatic heterocycles. The lowest BCUT2D eigenvalue weighted by atomic mass is 10.0. The third kappa shape index (κ3) is 5.80. The second-order valence-corrected chi connectivity index (χ2v) is 9.12. The number of amides is 5. The number of nitrogens with one attached hydrogen (secondary N) is 4. The number of carbonyl (C=O) groups excluding carboxylic acids is 4. The molecule has 0 aliphatic carbocycles. The van der Waals surface area contributed by atoms with Gasteiger partial charge in [0.2, 0.25) is 11.8 Å². The second kappa shape index (κ2) is 10.9. The van der Waals surface area contributed by atoms with E-state index >= 15 is 0 Å². The van der Waals surface area contributed by atoms with Crippen molar-refractivity contribution in [3.05, 3.63) is 63.7 Å². The molecular weight excluding hydrogens is 470 g/mol. The van der Waals surface area contributed by atoms with E-state index in [1.54, 1.807) is 18.2 Å².